The number of aryl methyl sites for hydroxylation is 1. The Labute approximate surface area is 117 Å². The zero-order valence-electron chi connectivity index (χ0n) is 9.48. The van der Waals surface area contributed by atoms with Gasteiger partial charge in [0, 0.05) is 3.57 Å². The van der Waals surface area contributed by atoms with E-state index in [-0.39, 0.29) is 23.8 Å². The molecule has 1 amide bonds. The van der Waals surface area contributed by atoms with E-state index in [4.69, 9.17) is 4.52 Å². The second kappa shape index (κ2) is 5.34. The van der Waals surface area contributed by atoms with Gasteiger partial charge in [-0.25, -0.2) is 0 Å². The number of aromatic nitrogens is 2. The summed E-state index contributed by atoms with van der Waals surface area (Å²) in [6, 6.07) is 4.80. The minimum atomic E-state index is -0.387. The minimum Gasteiger partial charge on any atom is -0.507 e. The molecule has 0 fully saturated rings. The van der Waals surface area contributed by atoms with E-state index in [0.29, 0.717) is 11.7 Å². The van der Waals surface area contributed by atoms with Crippen LogP contribution in [0.5, 0.6) is 5.75 Å². The van der Waals surface area contributed by atoms with Crippen LogP contribution >= 0.6 is 22.6 Å². The van der Waals surface area contributed by atoms with Crippen LogP contribution in [0.15, 0.2) is 22.7 Å². The van der Waals surface area contributed by atoms with Crippen molar-refractivity contribution in [1.29, 1.82) is 0 Å². The predicted octanol–water partition coefficient (Wildman–Crippen LogP) is 1.62. The van der Waals surface area contributed by atoms with Crippen LogP contribution in [0.25, 0.3) is 0 Å². The standard InChI is InChI=1S/C11H10IN3O3/c1-6-14-10(18-15-6)5-13-11(17)8-4-7(12)2-3-9(8)16/h2-4,16H,5H2,1H3,(H,13,17). The molecule has 6 nitrogen and oxygen atoms in total. The molecule has 0 atom stereocenters. The molecule has 0 aliphatic rings. The van der Waals surface area contributed by atoms with Gasteiger partial charge in [-0.2, -0.15) is 4.98 Å². The van der Waals surface area contributed by atoms with Gasteiger partial charge < -0.3 is 14.9 Å². The van der Waals surface area contributed by atoms with Gasteiger partial charge in [-0.15, -0.1) is 0 Å². The highest BCUT2D eigenvalue weighted by Crippen LogP contribution is 2.19. The maximum Gasteiger partial charge on any atom is 0.255 e. The Balaban J connectivity index is 2.05. The zero-order chi connectivity index (χ0) is 13.1. The number of hydrogen-bond donors (Lipinski definition) is 2. The molecule has 0 radical (unpaired) electrons. The molecular formula is C11H10IN3O3. The molecule has 0 saturated heterocycles. The summed E-state index contributed by atoms with van der Waals surface area (Å²) in [5, 5.41) is 15.8. The third-order valence-corrected chi connectivity index (χ3v) is 2.84. The van der Waals surface area contributed by atoms with Gasteiger partial charge in [0.05, 0.1) is 12.1 Å². The topological polar surface area (TPSA) is 88.2 Å². The number of carbonyl (C=O) groups excluding carboxylic acids is 1. The predicted molar refractivity (Wildman–Crippen MR) is 71.0 cm³/mol. The number of halogens is 1. The highest BCUT2D eigenvalue weighted by atomic mass is 127. The summed E-state index contributed by atoms with van der Waals surface area (Å²) < 4.78 is 5.73. The average molecular weight is 359 g/mol. The normalized spacial score (nSPS) is 10.3. The number of phenols is 1. The van der Waals surface area contributed by atoms with Crippen LogP contribution in [0.2, 0.25) is 0 Å². The Bertz CT molecular complexity index is 583. The number of hydrogen-bond acceptors (Lipinski definition) is 5. The number of phenolic OH excluding ortho intramolecular Hbond substituents is 1. The number of carbonyl (C=O) groups is 1. The lowest BCUT2D eigenvalue weighted by atomic mass is 10.2. The Morgan fingerprint density at radius 1 is 1.56 bits per heavy atom. The minimum absolute atomic E-state index is 0.0605. The second-order valence-corrected chi connectivity index (χ2v) is 4.83. The lowest BCUT2D eigenvalue weighted by molar-refractivity contribution is 0.0943. The Morgan fingerprint density at radius 2 is 2.33 bits per heavy atom. The summed E-state index contributed by atoms with van der Waals surface area (Å²) in [6.07, 6.45) is 0. The maximum atomic E-state index is 11.8. The quantitative estimate of drug-likeness (QED) is 0.814. The molecule has 2 rings (SSSR count). The molecule has 0 bridgehead atoms. The zero-order valence-corrected chi connectivity index (χ0v) is 11.6. The van der Waals surface area contributed by atoms with Crippen LogP contribution in [0, 0.1) is 10.5 Å². The molecule has 2 aromatic rings. The summed E-state index contributed by atoms with van der Waals surface area (Å²) in [5.74, 6) is 0.388. The second-order valence-electron chi connectivity index (χ2n) is 3.58. The first-order chi connectivity index (χ1) is 8.56. The Hall–Kier alpha value is -1.64. The van der Waals surface area contributed by atoms with E-state index in [9.17, 15) is 9.90 Å². The molecule has 2 N–H and O–H groups in total. The van der Waals surface area contributed by atoms with E-state index in [1.165, 1.54) is 6.07 Å². The molecule has 0 aliphatic heterocycles. The highest BCUT2D eigenvalue weighted by Gasteiger charge is 2.12. The Morgan fingerprint density at radius 3 is 3.00 bits per heavy atom. The molecule has 1 heterocycles. The molecular weight excluding hydrogens is 349 g/mol. The van der Waals surface area contributed by atoms with Gasteiger partial charge in [0.15, 0.2) is 5.82 Å². The SMILES string of the molecule is Cc1noc(CNC(=O)c2cc(I)ccc2O)n1. The summed E-state index contributed by atoms with van der Waals surface area (Å²) in [5.41, 5.74) is 0.220. The first kappa shape index (κ1) is 12.8. The fourth-order valence-electron chi connectivity index (χ4n) is 1.35. The van der Waals surface area contributed by atoms with E-state index >= 15 is 0 Å². The molecule has 0 saturated carbocycles. The maximum absolute atomic E-state index is 11.8. The number of amides is 1. The van der Waals surface area contributed by atoms with Crippen LogP contribution in [0.1, 0.15) is 22.1 Å². The van der Waals surface area contributed by atoms with Crippen LogP contribution in [0.3, 0.4) is 0 Å². The van der Waals surface area contributed by atoms with Crippen molar-refractivity contribution >= 4 is 28.5 Å². The van der Waals surface area contributed by atoms with Crippen molar-refractivity contribution < 1.29 is 14.4 Å². The van der Waals surface area contributed by atoms with Gasteiger partial charge in [-0.05, 0) is 47.7 Å². The van der Waals surface area contributed by atoms with Crippen LogP contribution < -0.4 is 5.32 Å². The van der Waals surface area contributed by atoms with Crippen molar-refractivity contribution in [3.05, 3.63) is 39.0 Å². The van der Waals surface area contributed by atoms with Crippen LogP contribution in [-0.4, -0.2) is 21.2 Å². The van der Waals surface area contributed by atoms with E-state index in [1.54, 1.807) is 19.1 Å². The number of aromatic hydroxyl groups is 1. The fourth-order valence-corrected chi connectivity index (χ4v) is 1.84. The monoisotopic (exact) mass is 359 g/mol. The van der Waals surface area contributed by atoms with E-state index in [0.717, 1.165) is 3.57 Å². The van der Waals surface area contributed by atoms with E-state index in [1.807, 2.05) is 0 Å². The van der Waals surface area contributed by atoms with Crippen molar-refractivity contribution in [2.75, 3.05) is 0 Å². The van der Waals surface area contributed by atoms with Crippen molar-refractivity contribution in [3.63, 3.8) is 0 Å². The summed E-state index contributed by atoms with van der Waals surface area (Å²) in [6.45, 7) is 1.82. The van der Waals surface area contributed by atoms with Crippen LogP contribution in [0.4, 0.5) is 0 Å². The van der Waals surface area contributed by atoms with Crippen molar-refractivity contribution in [2.45, 2.75) is 13.5 Å². The average Bonchev–Trinajstić information content (AvgIpc) is 2.75. The molecule has 94 valence electrons. The molecule has 0 aliphatic carbocycles. The van der Waals surface area contributed by atoms with E-state index in [2.05, 4.69) is 38.0 Å². The molecule has 7 heteroatoms. The fraction of sp³-hybridized carbons (Fsp3) is 0.182. The Kier molecular flexibility index (Phi) is 3.80. The number of benzene rings is 1. The lowest BCUT2D eigenvalue weighted by Crippen LogP contribution is -2.23. The molecule has 18 heavy (non-hydrogen) atoms. The van der Waals surface area contributed by atoms with Crippen molar-refractivity contribution in [3.8, 4) is 5.75 Å². The van der Waals surface area contributed by atoms with Gasteiger partial charge in [-0.3, -0.25) is 4.79 Å². The van der Waals surface area contributed by atoms with Gasteiger partial charge in [0.2, 0.25) is 5.89 Å². The van der Waals surface area contributed by atoms with Gasteiger partial charge in [-0.1, -0.05) is 5.16 Å². The van der Waals surface area contributed by atoms with Crippen LogP contribution in [-0.2, 0) is 6.54 Å². The molecule has 0 spiro atoms. The third-order valence-electron chi connectivity index (χ3n) is 2.17. The number of nitrogens with one attached hydrogen (secondary N) is 1. The van der Waals surface area contributed by atoms with Gasteiger partial charge in [0.25, 0.3) is 5.91 Å². The summed E-state index contributed by atoms with van der Waals surface area (Å²) in [4.78, 5) is 15.8. The molecule has 1 aromatic carbocycles. The number of rotatable bonds is 3. The smallest absolute Gasteiger partial charge is 0.255 e. The number of nitrogens with zero attached hydrogens (tertiary/aromatic N) is 2. The van der Waals surface area contributed by atoms with Gasteiger partial charge in [0.1, 0.15) is 5.75 Å². The molecule has 1 aromatic heterocycles. The van der Waals surface area contributed by atoms with Crippen molar-refractivity contribution in [2.24, 2.45) is 0 Å². The lowest BCUT2D eigenvalue weighted by Gasteiger charge is -2.05. The summed E-state index contributed by atoms with van der Waals surface area (Å²) in [7, 11) is 0. The van der Waals surface area contributed by atoms with Crippen molar-refractivity contribution in [1.82, 2.24) is 15.5 Å². The molecule has 0 unspecified atom stereocenters. The third kappa shape index (κ3) is 2.97. The van der Waals surface area contributed by atoms with Gasteiger partial charge >= 0.3 is 0 Å². The highest BCUT2D eigenvalue weighted by molar-refractivity contribution is 14.1. The first-order valence-corrected chi connectivity index (χ1v) is 6.20. The largest absolute Gasteiger partial charge is 0.507 e. The van der Waals surface area contributed by atoms with E-state index < -0.39 is 0 Å². The first-order valence-electron chi connectivity index (χ1n) is 5.12. The summed E-state index contributed by atoms with van der Waals surface area (Å²) >= 11 is 2.07.